The van der Waals surface area contributed by atoms with Crippen LogP contribution in [0, 0.1) is 5.41 Å². The van der Waals surface area contributed by atoms with E-state index >= 15 is 0 Å². The standard InChI is InChI=1S/C11H17NOS.BrH/c1-11(2,3)10(13)9-5-4-8(14-9)6-7-12;/h4-5H,6-7,12H2,1-3H3;1H. The number of thiophene rings is 1. The summed E-state index contributed by atoms with van der Waals surface area (Å²) in [6, 6.07) is 3.90. The summed E-state index contributed by atoms with van der Waals surface area (Å²) in [5, 5.41) is 0. The molecule has 0 atom stereocenters. The van der Waals surface area contributed by atoms with E-state index in [0.29, 0.717) is 6.54 Å². The first-order valence-electron chi connectivity index (χ1n) is 4.78. The van der Waals surface area contributed by atoms with Gasteiger partial charge in [-0.05, 0) is 25.1 Å². The smallest absolute Gasteiger partial charge is 0.178 e. The molecule has 0 bridgehead atoms. The van der Waals surface area contributed by atoms with Crippen molar-refractivity contribution in [1.82, 2.24) is 0 Å². The van der Waals surface area contributed by atoms with Crippen molar-refractivity contribution < 1.29 is 4.79 Å². The molecule has 0 saturated heterocycles. The zero-order chi connectivity index (χ0) is 10.8. The van der Waals surface area contributed by atoms with Crippen LogP contribution in [0.3, 0.4) is 0 Å². The Kier molecular flexibility index (Phi) is 5.70. The topological polar surface area (TPSA) is 43.1 Å². The minimum atomic E-state index is -0.287. The Bertz CT molecular complexity index is 328. The van der Waals surface area contributed by atoms with Crippen molar-refractivity contribution in [3.63, 3.8) is 0 Å². The summed E-state index contributed by atoms with van der Waals surface area (Å²) in [7, 11) is 0. The predicted molar refractivity (Wildman–Crippen MR) is 71.2 cm³/mol. The molecule has 1 rings (SSSR count). The molecule has 1 aromatic heterocycles. The van der Waals surface area contributed by atoms with Gasteiger partial charge in [-0.15, -0.1) is 28.3 Å². The van der Waals surface area contributed by atoms with Gasteiger partial charge in [0.2, 0.25) is 0 Å². The lowest BCUT2D eigenvalue weighted by molar-refractivity contribution is 0.0863. The van der Waals surface area contributed by atoms with Gasteiger partial charge in [0.25, 0.3) is 0 Å². The van der Waals surface area contributed by atoms with Crippen LogP contribution in [0.1, 0.15) is 35.3 Å². The van der Waals surface area contributed by atoms with Gasteiger partial charge in [0.15, 0.2) is 5.78 Å². The van der Waals surface area contributed by atoms with Crippen molar-refractivity contribution in [3.05, 3.63) is 21.9 Å². The van der Waals surface area contributed by atoms with Crippen molar-refractivity contribution in [2.45, 2.75) is 27.2 Å². The molecule has 1 heterocycles. The van der Waals surface area contributed by atoms with Gasteiger partial charge >= 0.3 is 0 Å². The van der Waals surface area contributed by atoms with Crippen molar-refractivity contribution in [2.75, 3.05) is 6.54 Å². The molecule has 2 nitrogen and oxygen atoms in total. The van der Waals surface area contributed by atoms with E-state index in [2.05, 4.69) is 0 Å². The Morgan fingerprint density at radius 3 is 2.47 bits per heavy atom. The van der Waals surface area contributed by atoms with E-state index in [1.807, 2.05) is 32.9 Å². The van der Waals surface area contributed by atoms with Crippen molar-refractivity contribution in [3.8, 4) is 0 Å². The Morgan fingerprint density at radius 2 is 2.00 bits per heavy atom. The zero-order valence-electron chi connectivity index (χ0n) is 9.37. The number of ketones is 1. The van der Waals surface area contributed by atoms with Crippen LogP contribution in [0.2, 0.25) is 0 Å². The molecule has 86 valence electrons. The zero-order valence-corrected chi connectivity index (χ0v) is 11.9. The monoisotopic (exact) mass is 291 g/mol. The second-order valence-corrected chi connectivity index (χ2v) is 5.55. The van der Waals surface area contributed by atoms with Gasteiger partial charge in [-0.2, -0.15) is 0 Å². The fraction of sp³-hybridized carbons (Fsp3) is 0.545. The average Bonchev–Trinajstić information content (AvgIpc) is 2.50. The van der Waals surface area contributed by atoms with E-state index in [1.165, 1.54) is 4.88 Å². The second kappa shape index (κ2) is 5.77. The molecule has 4 heteroatoms. The highest BCUT2D eigenvalue weighted by atomic mass is 79.9. The fourth-order valence-corrected chi connectivity index (χ4v) is 2.32. The molecular weight excluding hydrogens is 274 g/mol. The van der Waals surface area contributed by atoms with Gasteiger partial charge in [-0.3, -0.25) is 4.79 Å². The summed E-state index contributed by atoms with van der Waals surface area (Å²) < 4.78 is 0. The third kappa shape index (κ3) is 4.05. The fourth-order valence-electron chi connectivity index (χ4n) is 1.15. The van der Waals surface area contributed by atoms with Gasteiger partial charge in [0.05, 0.1) is 4.88 Å². The lowest BCUT2D eigenvalue weighted by atomic mass is 9.90. The van der Waals surface area contributed by atoms with E-state index in [9.17, 15) is 4.79 Å². The Hall–Kier alpha value is -0.190. The quantitative estimate of drug-likeness (QED) is 0.870. The largest absolute Gasteiger partial charge is 0.330 e. The second-order valence-electron chi connectivity index (χ2n) is 4.38. The Morgan fingerprint density at radius 1 is 1.40 bits per heavy atom. The molecule has 0 amide bonds. The van der Waals surface area contributed by atoms with Crippen LogP contribution in [-0.2, 0) is 6.42 Å². The summed E-state index contributed by atoms with van der Waals surface area (Å²) in [6.45, 7) is 6.47. The molecule has 0 aliphatic rings. The van der Waals surface area contributed by atoms with Crippen LogP contribution in [0.15, 0.2) is 12.1 Å². The minimum Gasteiger partial charge on any atom is -0.330 e. The summed E-state index contributed by atoms with van der Waals surface area (Å²) in [5.74, 6) is 0.214. The average molecular weight is 292 g/mol. The minimum absolute atomic E-state index is 0. The van der Waals surface area contributed by atoms with E-state index < -0.39 is 0 Å². The van der Waals surface area contributed by atoms with Crippen LogP contribution in [0.5, 0.6) is 0 Å². The van der Waals surface area contributed by atoms with Gasteiger partial charge in [0, 0.05) is 10.3 Å². The molecule has 0 aliphatic carbocycles. The number of hydrogen-bond donors (Lipinski definition) is 1. The van der Waals surface area contributed by atoms with Crippen molar-refractivity contribution in [1.29, 1.82) is 0 Å². The summed E-state index contributed by atoms with van der Waals surface area (Å²) >= 11 is 1.56. The molecule has 0 radical (unpaired) electrons. The first kappa shape index (κ1) is 14.8. The lowest BCUT2D eigenvalue weighted by Gasteiger charge is -2.14. The highest BCUT2D eigenvalue weighted by Crippen LogP contribution is 2.26. The Labute approximate surface area is 106 Å². The van der Waals surface area contributed by atoms with Crippen LogP contribution < -0.4 is 5.73 Å². The maximum atomic E-state index is 11.9. The van der Waals surface area contributed by atoms with Crippen molar-refractivity contribution >= 4 is 34.1 Å². The maximum absolute atomic E-state index is 11.9. The van der Waals surface area contributed by atoms with Crippen molar-refractivity contribution in [2.24, 2.45) is 11.1 Å². The summed E-state index contributed by atoms with van der Waals surface area (Å²) in [5.41, 5.74) is 5.17. The molecule has 0 spiro atoms. The third-order valence-corrected chi connectivity index (χ3v) is 3.10. The molecule has 0 aromatic carbocycles. The molecule has 1 aromatic rings. The first-order chi connectivity index (χ1) is 6.45. The summed E-state index contributed by atoms with van der Waals surface area (Å²) in [6.07, 6.45) is 0.863. The molecule has 0 saturated carbocycles. The highest BCUT2D eigenvalue weighted by molar-refractivity contribution is 8.93. The van der Waals surface area contributed by atoms with Crippen LogP contribution in [0.25, 0.3) is 0 Å². The number of Topliss-reactive ketones (excluding diaryl/α,β-unsaturated/α-hetero) is 1. The Balaban J connectivity index is 0.00000196. The highest BCUT2D eigenvalue weighted by Gasteiger charge is 2.23. The van der Waals surface area contributed by atoms with Gasteiger partial charge in [0.1, 0.15) is 0 Å². The number of carbonyl (C=O) groups excluding carboxylic acids is 1. The third-order valence-electron chi connectivity index (χ3n) is 1.96. The number of halogens is 1. The molecule has 0 aliphatic heterocycles. The summed E-state index contributed by atoms with van der Waals surface area (Å²) in [4.78, 5) is 13.9. The molecule has 0 fully saturated rings. The molecule has 2 N–H and O–H groups in total. The van der Waals surface area contributed by atoms with E-state index in [4.69, 9.17) is 5.73 Å². The van der Waals surface area contributed by atoms with Gasteiger partial charge in [-0.1, -0.05) is 20.8 Å². The normalized spacial score (nSPS) is 10.9. The number of nitrogens with two attached hydrogens (primary N) is 1. The van der Waals surface area contributed by atoms with E-state index in [0.717, 1.165) is 11.3 Å². The first-order valence-corrected chi connectivity index (χ1v) is 5.60. The van der Waals surface area contributed by atoms with Gasteiger partial charge < -0.3 is 5.73 Å². The molecule has 0 unspecified atom stereocenters. The van der Waals surface area contributed by atoms with E-state index in [1.54, 1.807) is 11.3 Å². The van der Waals surface area contributed by atoms with Crippen LogP contribution in [0.4, 0.5) is 0 Å². The van der Waals surface area contributed by atoms with E-state index in [-0.39, 0.29) is 28.2 Å². The number of rotatable bonds is 3. The van der Waals surface area contributed by atoms with Gasteiger partial charge in [-0.25, -0.2) is 0 Å². The number of hydrogen-bond acceptors (Lipinski definition) is 3. The van der Waals surface area contributed by atoms with Crippen LogP contribution >= 0.6 is 28.3 Å². The number of carbonyl (C=O) groups is 1. The molecule has 15 heavy (non-hydrogen) atoms. The van der Waals surface area contributed by atoms with Crippen LogP contribution in [-0.4, -0.2) is 12.3 Å². The SMILES string of the molecule is Br.CC(C)(C)C(=O)c1ccc(CCN)s1. The molecular formula is C11H18BrNOS. The maximum Gasteiger partial charge on any atom is 0.178 e. The predicted octanol–water partition coefficient (Wildman–Crippen LogP) is 3.06. The lowest BCUT2D eigenvalue weighted by Crippen LogP contribution is -2.18.